The number of halogens is 1. The van der Waals surface area contributed by atoms with Crippen molar-refractivity contribution in [3.8, 4) is 0 Å². The molecular formula is C19H19ClN2O3. The number of nitrogens with one attached hydrogen (secondary N) is 2. The Balaban J connectivity index is 2.00. The van der Waals surface area contributed by atoms with Crippen molar-refractivity contribution >= 4 is 40.6 Å². The number of rotatable bonds is 5. The van der Waals surface area contributed by atoms with Gasteiger partial charge in [-0.3, -0.25) is 14.4 Å². The van der Waals surface area contributed by atoms with E-state index in [1.807, 2.05) is 19.9 Å². The highest BCUT2D eigenvalue weighted by atomic mass is 35.5. The molecule has 0 aliphatic carbocycles. The topological polar surface area (TPSA) is 75.3 Å². The summed E-state index contributed by atoms with van der Waals surface area (Å²) < 4.78 is 0. The number of benzene rings is 2. The van der Waals surface area contributed by atoms with Crippen molar-refractivity contribution in [1.82, 2.24) is 0 Å². The summed E-state index contributed by atoms with van der Waals surface area (Å²) in [4.78, 5) is 35.5. The third kappa shape index (κ3) is 5.16. The van der Waals surface area contributed by atoms with Crippen LogP contribution >= 0.6 is 11.6 Å². The van der Waals surface area contributed by atoms with Crippen molar-refractivity contribution in [1.29, 1.82) is 0 Å². The third-order valence-electron chi connectivity index (χ3n) is 3.57. The number of hydrogen-bond donors (Lipinski definition) is 2. The highest BCUT2D eigenvalue weighted by molar-refractivity contribution is 6.34. The lowest BCUT2D eigenvalue weighted by Gasteiger charge is -2.12. The van der Waals surface area contributed by atoms with Gasteiger partial charge in [0.1, 0.15) is 6.42 Å². The van der Waals surface area contributed by atoms with Crippen LogP contribution < -0.4 is 10.6 Å². The van der Waals surface area contributed by atoms with E-state index in [1.165, 1.54) is 6.92 Å². The maximum Gasteiger partial charge on any atom is 0.233 e. The van der Waals surface area contributed by atoms with Crippen LogP contribution in [0.2, 0.25) is 5.02 Å². The van der Waals surface area contributed by atoms with E-state index in [2.05, 4.69) is 10.6 Å². The average molecular weight is 359 g/mol. The zero-order valence-corrected chi connectivity index (χ0v) is 15.0. The molecule has 2 aromatic rings. The monoisotopic (exact) mass is 358 g/mol. The molecule has 2 N–H and O–H groups in total. The molecule has 0 heterocycles. The quantitative estimate of drug-likeness (QED) is 0.623. The number of aryl methyl sites for hydroxylation is 2. The van der Waals surface area contributed by atoms with Gasteiger partial charge >= 0.3 is 0 Å². The minimum Gasteiger partial charge on any atom is -0.326 e. The first-order valence-corrected chi connectivity index (χ1v) is 8.11. The standard InChI is InChI=1S/C19H19ClN2O3/c1-11-7-12(2)19(16(20)8-11)22-18(25)10-17(24)21-15-6-4-5-14(9-15)13(3)23/h4-9H,10H2,1-3H3,(H,21,24)(H,22,25). The van der Waals surface area contributed by atoms with Gasteiger partial charge in [-0.05, 0) is 50.1 Å². The molecule has 25 heavy (non-hydrogen) atoms. The first kappa shape index (κ1) is 18.7. The Bertz CT molecular complexity index is 823. The first-order valence-electron chi connectivity index (χ1n) is 7.73. The Morgan fingerprint density at radius 3 is 2.32 bits per heavy atom. The predicted molar refractivity (Wildman–Crippen MR) is 99.2 cm³/mol. The largest absolute Gasteiger partial charge is 0.326 e. The van der Waals surface area contributed by atoms with E-state index in [9.17, 15) is 14.4 Å². The van der Waals surface area contributed by atoms with Gasteiger partial charge in [0.2, 0.25) is 11.8 Å². The van der Waals surface area contributed by atoms with E-state index in [4.69, 9.17) is 11.6 Å². The minimum atomic E-state index is -0.473. The maximum atomic E-state index is 12.1. The van der Waals surface area contributed by atoms with Crippen LogP contribution in [0.5, 0.6) is 0 Å². The van der Waals surface area contributed by atoms with E-state index in [0.29, 0.717) is 22.0 Å². The molecule has 2 rings (SSSR count). The van der Waals surface area contributed by atoms with Crippen LogP contribution in [-0.2, 0) is 9.59 Å². The molecule has 0 bridgehead atoms. The SMILES string of the molecule is CC(=O)c1cccc(NC(=O)CC(=O)Nc2c(C)cc(C)cc2Cl)c1. The van der Waals surface area contributed by atoms with Crippen molar-refractivity contribution in [3.63, 3.8) is 0 Å². The van der Waals surface area contributed by atoms with Crippen LogP contribution in [-0.4, -0.2) is 17.6 Å². The third-order valence-corrected chi connectivity index (χ3v) is 3.87. The van der Waals surface area contributed by atoms with Crippen molar-refractivity contribution in [2.45, 2.75) is 27.2 Å². The molecule has 130 valence electrons. The fourth-order valence-electron chi connectivity index (χ4n) is 2.42. The molecule has 0 aliphatic rings. The highest BCUT2D eigenvalue weighted by Crippen LogP contribution is 2.27. The molecule has 2 aromatic carbocycles. The van der Waals surface area contributed by atoms with Crippen molar-refractivity contribution in [3.05, 3.63) is 58.1 Å². The zero-order valence-electron chi connectivity index (χ0n) is 14.3. The van der Waals surface area contributed by atoms with Gasteiger partial charge < -0.3 is 10.6 Å². The smallest absolute Gasteiger partial charge is 0.233 e. The van der Waals surface area contributed by atoms with Crippen molar-refractivity contribution in [2.75, 3.05) is 10.6 Å². The second kappa shape index (κ2) is 7.94. The van der Waals surface area contributed by atoms with Gasteiger partial charge in [0.05, 0.1) is 10.7 Å². The van der Waals surface area contributed by atoms with E-state index < -0.39 is 11.8 Å². The maximum absolute atomic E-state index is 12.1. The van der Waals surface area contributed by atoms with Crippen molar-refractivity contribution < 1.29 is 14.4 Å². The second-order valence-corrected chi connectivity index (χ2v) is 6.26. The van der Waals surface area contributed by atoms with Crippen LogP contribution in [0.25, 0.3) is 0 Å². The molecule has 0 saturated carbocycles. The van der Waals surface area contributed by atoms with Gasteiger partial charge in [0.15, 0.2) is 5.78 Å². The number of carbonyl (C=O) groups excluding carboxylic acids is 3. The fraction of sp³-hybridized carbons (Fsp3) is 0.211. The molecule has 5 nitrogen and oxygen atoms in total. The van der Waals surface area contributed by atoms with Gasteiger partial charge in [-0.25, -0.2) is 0 Å². The van der Waals surface area contributed by atoms with Crippen LogP contribution in [0.1, 0.15) is 34.8 Å². The lowest BCUT2D eigenvalue weighted by Crippen LogP contribution is -2.22. The summed E-state index contributed by atoms with van der Waals surface area (Å²) in [5.41, 5.74) is 3.28. The molecular weight excluding hydrogens is 340 g/mol. The van der Waals surface area contributed by atoms with Crippen LogP contribution in [0.15, 0.2) is 36.4 Å². The molecule has 0 spiro atoms. The predicted octanol–water partition coefficient (Wildman–Crippen LogP) is 4.13. The average Bonchev–Trinajstić information content (AvgIpc) is 2.50. The molecule has 2 amide bonds. The number of Topliss-reactive ketones (excluding diaryl/α,β-unsaturated/α-hetero) is 1. The number of anilines is 2. The van der Waals surface area contributed by atoms with E-state index in [-0.39, 0.29) is 12.2 Å². The first-order chi connectivity index (χ1) is 11.8. The molecule has 6 heteroatoms. The van der Waals surface area contributed by atoms with E-state index in [1.54, 1.807) is 30.3 Å². The lowest BCUT2D eigenvalue weighted by atomic mass is 10.1. The zero-order chi connectivity index (χ0) is 18.6. The number of ketones is 1. The Labute approximate surface area is 151 Å². The molecule has 0 saturated heterocycles. The summed E-state index contributed by atoms with van der Waals surface area (Å²) in [7, 11) is 0. The van der Waals surface area contributed by atoms with Crippen LogP contribution in [0.3, 0.4) is 0 Å². The van der Waals surface area contributed by atoms with Gasteiger partial charge in [-0.15, -0.1) is 0 Å². The molecule has 0 aromatic heterocycles. The molecule has 0 aliphatic heterocycles. The minimum absolute atomic E-state index is 0.0988. The molecule has 0 radical (unpaired) electrons. The van der Waals surface area contributed by atoms with Crippen LogP contribution in [0, 0.1) is 13.8 Å². The van der Waals surface area contributed by atoms with E-state index in [0.717, 1.165) is 11.1 Å². The Morgan fingerprint density at radius 2 is 1.68 bits per heavy atom. The molecule has 0 unspecified atom stereocenters. The van der Waals surface area contributed by atoms with Crippen LogP contribution in [0.4, 0.5) is 11.4 Å². The van der Waals surface area contributed by atoms with Gasteiger partial charge in [0, 0.05) is 11.3 Å². The summed E-state index contributed by atoms with van der Waals surface area (Å²) in [6, 6.07) is 10.2. The van der Waals surface area contributed by atoms with Gasteiger partial charge in [-0.2, -0.15) is 0 Å². The number of hydrogen-bond acceptors (Lipinski definition) is 3. The van der Waals surface area contributed by atoms with E-state index >= 15 is 0 Å². The highest BCUT2D eigenvalue weighted by Gasteiger charge is 2.14. The Morgan fingerprint density at radius 1 is 1.00 bits per heavy atom. The summed E-state index contributed by atoms with van der Waals surface area (Å²) >= 11 is 6.15. The Kier molecular flexibility index (Phi) is 5.93. The van der Waals surface area contributed by atoms with Gasteiger partial charge in [-0.1, -0.05) is 29.8 Å². The number of carbonyl (C=O) groups is 3. The molecule has 0 fully saturated rings. The lowest BCUT2D eigenvalue weighted by molar-refractivity contribution is -0.123. The van der Waals surface area contributed by atoms with Gasteiger partial charge in [0.25, 0.3) is 0 Å². The Hall–Kier alpha value is -2.66. The number of amides is 2. The molecule has 0 atom stereocenters. The summed E-state index contributed by atoms with van der Waals surface area (Å²) in [6.07, 6.45) is -0.353. The summed E-state index contributed by atoms with van der Waals surface area (Å²) in [5, 5.41) is 5.70. The van der Waals surface area contributed by atoms with Crippen molar-refractivity contribution in [2.24, 2.45) is 0 Å². The second-order valence-electron chi connectivity index (χ2n) is 5.85. The fourth-order valence-corrected chi connectivity index (χ4v) is 2.79. The normalized spacial score (nSPS) is 10.2. The summed E-state index contributed by atoms with van der Waals surface area (Å²) in [5.74, 6) is -1.04. The summed E-state index contributed by atoms with van der Waals surface area (Å²) in [6.45, 7) is 5.19.